The average Bonchev–Trinajstić information content (AvgIpc) is 2.94. The van der Waals surface area contributed by atoms with Gasteiger partial charge in [-0.2, -0.15) is 0 Å². The van der Waals surface area contributed by atoms with E-state index in [-0.39, 0.29) is 0 Å². The summed E-state index contributed by atoms with van der Waals surface area (Å²) in [6, 6.07) is 5.24. The lowest BCUT2D eigenvalue weighted by molar-refractivity contribution is 1.21. The zero-order chi connectivity index (χ0) is 15.0. The minimum atomic E-state index is 0.568. The zero-order valence-electron chi connectivity index (χ0n) is 10.3. The van der Waals surface area contributed by atoms with Gasteiger partial charge in [0.25, 0.3) is 0 Å². The molecular formula is C13H7Br2ClN4S. The summed E-state index contributed by atoms with van der Waals surface area (Å²) >= 11 is 14.4. The zero-order valence-corrected chi connectivity index (χ0v) is 15.1. The summed E-state index contributed by atoms with van der Waals surface area (Å²) in [6.45, 7) is 0. The van der Waals surface area contributed by atoms with Crippen LogP contribution in [0.2, 0.25) is 5.02 Å². The van der Waals surface area contributed by atoms with Gasteiger partial charge in [0.2, 0.25) is 0 Å². The molecular weight excluding hydrogens is 439 g/mol. The maximum absolute atomic E-state index is 6.08. The van der Waals surface area contributed by atoms with Gasteiger partial charge in [-0.3, -0.25) is 0 Å². The second-order valence-corrected chi connectivity index (χ2v) is 7.03. The number of nitrogens with two attached hydrogens (primary N) is 1. The molecule has 0 saturated carbocycles. The Morgan fingerprint density at radius 1 is 1.10 bits per heavy atom. The van der Waals surface area contributed by atoms with Crippen LogP contribution in [0.3, 0.4) is 0 Å². The van der Waals surface area contributed by atoms with Crippen LogP contribution >= 0.6 is 54.8 Å². The number of halogens is 3. The Morgan fingerprint density at radius 3 is 2.57 bits per heavy atom. The Kier molecular flexibility index (Phi) is 4.26. The Bertz CT molecular complexity index is 788. The fraction of sp³-hybridized carbons (Fsp3) is 0. The number of aromatic nitrogens is 3. The Hall–Kier alpha value is -1.02. The molecule has 4 nitrogen and oxygen atoms in total. The molecule has 0 aliphatic heterocycles. The van der Waals surface area contributed by atoms with Crippen LogP contribution in [0.4, 0.5) is 5.69 Å². The summed E-state index contributed by atoms with van der Waals surface area (Å²) < 4.78 is 1.32. The van der Waals surface area contributed by atoms with Gasteiger partial charge in [-0.05, 0) is 50.1 Å². The van der Waals surface area contributed by atoms with Crippen molar-refractivity contribution in [1.82, 2.24) is 15.0 Å². The van der Waals surface area contributed by atoms with Gasteiger partial charge in [0.1, 0.15) is 21.0 Å². The standard InChI is InChI=1S/C13H7Br2ClN4S/c14-10-4-6(16)3-8(19-10)12-11(15)7(17)5-9(20-12)13-18-1-2-21-13/h1-5H,(H2,17,20). The van der Waals surface area contributed by atoms with Crippen LogP contribution < -0.4 is 5.73 Å². The quantitative estimate of drug-likeness (QED) is 0.561. The minimum Gasteiger partial charge on any atom is -0.398 e. The third kappa shape index (κ3) is 3.11. The molecule has 0 amide bonds. The van der Waals surface area contributed by atoms with Gasteiger partial charge in [-0.1, -0.05) is 11.6 Å². The Labute approximate surface area is 146 Å². The molecule has 8 heteroatoms. The summed E-state index contributed by atoms with van der Waals surface area (Å²) in [4.78, 5) is 13.3. The molecule has 2 N–H and O–H groups in total. The highest BCUT2D eigenvalue weighted by Crippen LogP contribution is 2.35. The molecule has 3 aromatic heterocycles. The van der Waals surface area contributed by atoms with E-state index in [9.17, 15) is 0 Å². The molecule has 0 fully saturated rings. The van der Waals surface area contributed by atoms with E-state index in [1.165, 1.54) is 11.3 Å². The van der Waals surface area contributed by atoms with Gasteiger partial charge < -0.3 is 5.73 Å². The summed E-state index contributed by atoms with van der Waals surface area (Å²) in [5.74, 6) is 0. The molecule has 0 spiro atoms. The lowest BCUT2D eigenvalue weighted by Gasteiger charge is -2.09. The highest BCUT2D eigenvalue weighted by molar-refractivity contribution is 9.11. The number of hydrogen-bond acceptors (Lipinski definition) is 5. The second kappa shape index (κ2) is 6.00. The van der Waals surface area contributed by atoms with Gasteiger partial charge in [-0.25, -0.2) is 15.0 Å². The van der Waals surface area contributed by atoms with Crippen LogP contribution in [-0.2, 0) is 0 Å². The predicted octanol–water partition coefficient (Wildman–Crippen LogP) is 5.03. The fourth-order valence-corrected chi connectivity index (χ4v) is 3.55. The SMILES string of the molecule is Nc1cc(-c2nccs2)nc(-c2cc(Cl)cc(Br)n2)c1Br. The van der Waals surface area contributed by atoms with E-state index in [1.807, 2.05) is 5.38 Å². The van der Waals surface area contributed by atoms with Crippen LogP contribution in [-0.4, -0.2) is 15.0 Å². The molecule has 0 aromatic carbocycles. The van der Waals surface area contributed by atoms with Crippen LogP contribution in [0.1, 0.15) is 0 Å². The summed E-state index contributed by atoms with van der Waals surface area (Å²) in [7, 11) is 0. The fourth-order valence-electron chi connectivity index (χ4n) is 1.77. The maximum Gasteiger partial charge on any atom is 0.141 e. The average molecular weight is 447 g/mol. The first-order valence-electron chi connectivity index (χ1n) is 5.74. The lowest BCUT2D eigenvalue weighted by atomic mass is 10.2. The van der Waals surface area contributed by atoms with Gasteiger partial charge >= 0.3 is 0 Å². The smallest absolute Gasteiger partial charge is 0.141 e. The lowest BCUT2D eigenvalue weighted by Crippen LogP contribution is -1.97. The number of thiazole rings is 1. The Morgan fingerprint density at radius 2 is 1.90 bits per heavy atom. The van der Waals surface area contributed by atoms with E-state index in [4.69, 9.17) is 17.3 Å². The molecule has 0 radical (unpaired) electrons. The molecule has 21 heavy (non-hydrogen) atoms. The van der Waals surface area contributed by atoms with Crippen LogP contribution in [0.5, 0.6) is 0 Å². The number of nitrogens with zero attached hydrogens (tertiary/aromatic N) is 3. The molecule has 3 rings (SSSR count). The molecule has 3 aromatic rings. The number of anilines is 1. The topological polar surface area (TPSA) is 64.7 Å². The monoisotopic (exact) mass is 444 g/mol. The predicted molar refractivity (Wildman–Crippen MR) is 93.4 cm³/mol. The van der Waals surface area contributed by atoms with E-state index < -0.39 is 0 Å². The molecule has 0 atom stereocenters. The van der Waals surface area contributed by atoms with E-state index in [1.54, 1.807) is 24.4 Å². The van der Waals surface area contributed by atoms with E-state index in [0.29, 0.717) is 36.9 Å². The van der Waals surface area contributed by atoms with Gasteiger partial charge in [0.15, 0.2) is 0 Å². The molecule has 0 bridgehead atoms. The number of nitrogen functional groups attached to an aromatic ring is 1. The second-order valence-electron chi connectivity index (χ2n) is 4.09. The highest BCUT2D eigenvalue weighted by atomic mass is 79.9. The minimum absolute atomic E-state index is 0.568. The first-order chi connectivity index (χ1) is 10.0. The van der Waals surface area contributed by atoms with Crippen molar-refractivity contribution in [3.63, 3.8) is 0 Å². The van der Waals surface area contributed by atoms with Crippen molar-refractivity contribution in [1.29, 1.82) is 0 Å². The number of pyridine rings is 2. The van der Waals surface area contributed by atoms with Gasteiger partial charge in [0.05, 0.1) is 15.9 Å². The van der Waals surface area contributed by atoms with E-state index >= 15 is 0 Å². The van der Waals surface area contributed by atoms with Crippen LogP contribution in [0.15, 0.2) is 38.9 Å². The van der Waals surface area contributed by atoms with Crippen molar-refractivity contribution >= 4 is 60.5 Å². The van der Waals surface area contributed by atoms with Crippen molar-refractivity contribution in [2.24, 2.45) is 0 Å². The van der Waals surface area contributed by atoms with Crippen molar-refractivity contribution in [2.45, 2.75) is 0 Å². The molecule has 0 saturated heterocycles. The van der Waals surface area contributed by atoms with Crippen molar-refractivity contribution in [3.8, 4) is 22.1 Å². The Balaban J connectivity index is 2.22. The first kappa shape index (κ1) is 14.9. The van der Waals surface area contributed by atoms with Crippen LogP contribution in [0.25, 0.3) is 22.1 Å². The van der Waals surface area contributed by atoms with E-state index in [2.05, 4.69) is 46.8 Å². The summed E-state index contributed by atoms with van der Waals surface area (Å²) in [5, 5.41) is 3.26. The third-order valence-corrected chi connectivity index (χ3v) is 4.89. The van der Waals surface area contributed by atoms with Crippen LogP contribution in [0, 0.1) is 0 Å². The molecule has 3 heterocycles. The molecule has 0 aliphatic carbocycles. The van der Waals surface area contributed by atoms with Crippen molar-refractivity contribution in [2.75, 3.05) is 5.73 Å². The maximum atomic E-state index is 6.08. The molecule has 106 valence electrons. The van der Waals surface area contributed by atoms with E-state index in [0.717, 1.165) is 5.01 Å². The highest BCUT2D eigenvalue weighted by Gasteiger charge is 2.15. The van der Waals surface area contributed by atoms with Gasteiger partial charge in [0, 0.05) is 16.6 Å². The number of rotatable bonds is 2. The first-order valence-corrected chi connectivity index (χ1v) is 8.58. The van der Waals surface area contributed by atoms with Gasteiger partial charge in [-0.15, -0.1) is 11.3 Å². The molecule has 0 aliphatic rings. The number of hydrogen-bond donors (Lipinski definition) is 1. The third-order valence-electron chi connectivity index (χ3n) is 2.64. The summed E-state index contributed by atoms with van der Waals surface area (Å²) in [5.41, 5.74) is 8.60. The summed E-state index contributed by atoms with van der Waals surface area (Å²) in [6.07, 6.45) is 1.73. The normalized spacial score (nSPS) is 10.8. The molecule has 0 unspecified atom stereocenters. The van der Waals surface area contributed by atoms with Crippen molar-refractivity contribution < 1.29 is 0 Å². The van der Waals surface area contributed by atoms with Crippen molar-refractivity contribution in [3.05, 3.63) is 43.9 Å². The largest absolute Gasteiger partial charge is 0.398 e.